The predicted octanol–water partition coefficient (Wildman–Crippen LogP) is 8.76. The molecule has 14 heteroatoms. The largest absolute Gasteiger partial charge is 0.456 e. The molecule has 0 aromatic heterocycles. The van der Waals surface area contributed by atoms with E-state index >= 15 is 0 Å². The fraction of sp³-hybridized carbons (Fsp3) is 0.278. The molecule has 3 aromatic rings. The smallest absolute Gasteiger partial charge is 0.420 e. The number of carbonyl (C=O) groups excluding carboxylic acids is 4. The van der Waals surface area contributed by atoms with Gasteiger partial charge in [-0.05, 0) is 59.4 Å². The van der Waals surface area contributed by atoms with Crippen LogP contribution in [-0.2, 0) is 42.4 Å². The van der Waals surface area contributed by atoms with Crippen LogP contribution in [0.2, 0.25) is 0 Å². The van der Waals surface area contributed by atoms with E-state index in [9.17, 15) is 45.5 Å². The Balaban J connectivity index is 1.63. The van der Waals surface area contributed by atoms with E-state index < -0.39 is 69.4 Å². The van der Waals surface area contributed by atoms with Crippen molar-refractivity contribution in [3.05, 3.63) is 95.1 Å². The fourth-order valence-electron chi connectivity index (χ4n) is 5.38. The molecule has 0 radical (unpaired) electrons. The van der Waals surface area contributed by atoms with Crippen molar-refractivity contribution >= 4 is 35.0 Å². The van der Waals surface area contributed by atoms with Gasteiger partial charge in [0.1, 0.15) is 34.1 Å². The van der Waals surface area contributed by atoms with Crippen molar-refractivity contribution in [1.82, 2.24) is 0 Å². The average Bonchev–Trinajstić information content (AvgIpc) is 3.50. The Kier molecular flexibility index (Phi) is 8.74. The average molecular weight is 701 g/mol. The second kappa shape index (κ2) is 12.2. The minimum Gasteiger partial charge on any atom is -0.456 e. The van der Waals surface area contributed by atoms with Crippen LogP contribution in [0.3, 0.4) is 0 Å². The van der Waals surface area contributed by atoms with Gasteiger partial charge in [0, 0.05) is 35.4 Å². The molecule has 0 bridgehead atoms. The van der Waals surface area contributed by atoms with E-state index in [1.54, 1.807) is 41.5 Å². The zero-order valence-electron chi connectivity index (χ0n) is 27.5. The lowest BCUT2D eigenvalue weighted by Crippen LogP contribution is -2.29. The topological polar surface area (TPSA) is 93.2 Å². The summed E-state index contributed by atoms with van der Waals surface area (Å²) < 4.78 is 98.2. The molecule has 0 spiro atoms. The standard InChI is InChI=1S/C36H30F6N2O6/c1-33(2,3)21-17-28(50-26-10-8-20(16-24(26)36(40,41)42)44-31(47)13-14-32(44)48)22(34(4,5)6)18-27(21)49-25-9-7-19(15-23(25)35(37,38)39)43-29(45)11-12-30(43)46/h7-18H,1-6H3. The van der Waals surface area contributed by atoms with E-state index in [0.717, 1.165) is 48.6 Å². The number of ether oxygens (including phenoxy) is 2. The van der Waals surface area contributed by atoms with Crippen LogP contribution in [0.15, 0.2) is 72.8 Å². The van der Waals surface area contributed by atoms with E-state index in [-0.39, 0.29) is 34.0 Å². The molecule has 2 aliphatic heterocycles. The highest BCUT2D eigenvalue weighted by molar-refractivity contribution is 6.28. The van der Waals surface area contributed by atoms with Gasteiger partial charge in [-0.3, -0.25) is 19.2 Å². The molecule has 8 nitrogen and oxygen atoms in total. The second-order valence-corrected chi connectivity index (χ2v) is 13.6. The van der Waals surface area contributed by atoms with E-state index in [2.05, 4.69) is 0 Å². The van der Waals surface area contributed by atoms with Crippen molar-refractivity contribution in [1.29, 1.82) is 0 Å². The monoisotopic (exact) mass is 700 g/mol. The fourth-order valence-corrected chi connectivity index (χ4v) is 5.38. The quantitative estimate of drug-likeness (QED) is 0.189. The Morgan fingerprint density at radius 3 is 1.00 bits per heavy atom. The summed E-state index contributed by atoms with van der Waals surface area (Å²) in [4.78, 5) is 49.8. The van der Waals surface area contributed by atoms with Gasteiger partial charge in [0.15, 0.2) is 0 Å². The van der Waals surface area contributed by atoms with Crippen molar-refractivity contribution in [2.75, 3.05) is 9.80 Å². The minimum atomic E-state index is -4.98. The third kappa shape index (κ3) is 7.00. The molecule has 2 aliphatic rings. The molecule has 0 aliphatic carbocycles. The van der Waals surface area contributed by atoms with Crippen molar-refractivity contribution in [2.45, 2.75) is 64.7 Å². The number of nitrogens with zero attached hydrogens (tertiary/aromatic N) is 2. The van der Waals surface area contributed by atoms with E-state index in [0.29, 0.717) is 21.9 Å². The van der Waals surface area contributed by atoms with Crippen LogP contribution in [-0.4, -0.2) is 23.6 Å². The van der Waals surface area contributed by atoms with E-state index in [4.69, 9.17) is 9.47 Å². The molecule has 0 saturated heterocycles. The molecule has 0 atom stereocenters. The normalized spacial score (nSPS) is 15.5. The van der Waals surface area contributed by atoms with Crippen LogP contribution < -0.4 is 19.3 Å². The number of hydrogen-bond acceptors (Lipinski definition) is 6. The van der Waals surface area contributed by atoms with Gasteiger partial charge in [0.05, 0.1) is 11.4 Å². The number of carbonyl (C=O) groups is 4. The summed E-state index contributed by atoms with van der Waals surface area (Å²) in [5.41, 5.74) is -4.36. The number of anilines is 2. The number of hydrogen-bond donors (Lipinski definition) is 0. The maximum absolute atomic E-state index is 14.4. The van der Waals surface area contributed by atoms with Crippen LogP contribution in [0.4, 0.5) is 37.7 Å². The first-order valence-electron chi connectivity index (χ1n) is 15.1. The van der Waals surface area contributed by atoms with Crippen LogP contribution in [0.1, 0.15) is 63.8 Å². The van der Waals surface area contributed by atoms with Crippen LogP contribution in [0.5, 0.6) is 23.0 Å². The highest BCUT2D eigenvalue weighted by Gasteiger charge is 2.39. The molecule has 0 saturated carbocycles. The van der Waals surface area contributed by atoms with Crippen LogP contribution in [0.25, 0.3) is 0 Å². The summed E-state index contributed by atoms with van der Waals surface area (Å²) >= 11 is 0. The van der Waals surface area contributed by atoms with Crippen molar-refractivity contribution < 1.29 is 55.0 Å². The Morgan fingerprint density at radius 1 is 0.440 bits per heavy atom. The van der Waals surface area contributed by atoms with Gasteiger partial charge in [-0.1, -0.05) is 41.5 Å². The number of imide groups is 2. The second-order valence-electron chi connectivity index (χ2n) is 13.6. The zero-order chi connectivity index (χ0) is 37.1. The van der Waals surface area contributed by atoms with Crippen molar-refractivity contribution in [2.24, 2.45) is 0 Å². The van der Waals surface area contributed by atoms with Crippen molar-refractivity contribution in [3.8, 4) is 23.0 Å². The Morgan fingerprint density at radius 2 is 0.740 bits per heavy atom. The van der Waals surface area contributed by atoms with E-state index in [1.807, 2.05) is 0 Å². The maximum Gasteiger partial charge on any atom is 0.420 e. The van der Waals surface area contributed by atoms with Gasteiger partial charge in [-0.2, -0.15) is 26.3 Å². The van der Waals surface area contributed by atoms with Gasteiger partial charge >= 0.3 is 12.4 Å². The van der Waals surface area contributed by atoms with Gasteiger partial charge in [-0.25, -0.2) is 9.80 Å². The first-order chi connectivity index (χ1) is 23.0. The lowest BCUT2D eigenvalue weighted by molar-refractivity contribution is -0.139. The molecule has 3 aromatic carbocycles. The summed E-state index contributed by atoms with van der Waals surface area (Å²) in [5.74, 6) is -4.64. The van der Waals surface area contributed by atoms with Crippen molar-refractivity contribution in [3.63, 3.8) is 0 Å². The summed E-state index contributed by atoms with van der Waals surface area (Å²) in [6, 6.07) is 8.27. The first kappa shape index (κ1) is 35.9. The number of halogens is 6. The molecule has 4 amide bonds. The third-order valence-corrected chi connectivity index (χ3v) is 7.81. The zero-order valence-corrected chi connectivity index (χ0v) is 27.5. The summed E-state index contributed by atoms with van der Waals surface area (Å²) in [7, 11) is 0. The van der Waals surface area contributed by atoms with Crippen LogP contribution in [0, 0.1) is 0 Å². The molecular weight excluding hydrogens is 670 g/mol. The molecule has 0 unspecified atom stereocenters. The summed E-state index contributed by atoms with van der Waals surface area (Å²) in [5, 5.41) is 0. The number of amides is 4. The summed E-state index contributed by atoms with van der Waals surface area (Å²) in [6.45, 7) is 10.3. The first-order valence-corrected chi connectivity index (χ1v) is 15.1. The molecule has 262 valence electrons. The Labute approximate surface area is 282 Å². The van der Waals surface area contributed by atoms with Gasteiger partial charge in [0.25, 0.3) is 23.6 Å². The maximum atomic E-state index is 14.4. The van der Waals surface area contributed by atoms with Gasteiger partial charge in [-0.15, -0.1) is 0 Å². The Hall–Kier alpha value is -5.40. The Bertz CT molecular complexity index is 1820. The van der Waals surface area contributed by atoms with Gasteiger partial charge in [0.2, 0.25) is 0 Å². The lowest BCUT2D eigenvalue weighted by atomic mass is 9.80. The van der Waals surface area contributed by atoms with Gasteiger partial charge < -0.3 is 9.47 Å². The highest BCUT2D eigenvalue weighted by Crippen LogP contribution is 2.48. The van der Waals surface area contributed by atoms with Crippen LogP contribution >= 0.6 is 0 Å². The predicted molar refractivity (Wildman–Crippen MR) is 170 cm³/mol. The molecule has 0 fully saturated rings. The number of rotatable bonds is 6. The third-order valence-electron chi connectivity index (χ3n) is 7.81. The molecule has 0 N–H and O–H groups in total. The SMILES string of the molecule is CC(C)(C)c1cc(Oc2ccc(N3C(=O)C=CC3=O)cc2C(F)(F)F)c(C(C)(C)C)cc1Oc1ccc(N2C(=O)C=CC2=O)cc1C(F)(F)F. The number of benzene rings is 3. The molecule has 5 rings (SSSR count). The molecule has 50 heavy (non-hydrogen) atoms. The molecule has 2 heterocycles. The minimum absolute atomic E-state index is 0.0482. The highest BCUT2D eigenvalue weighted by atomic mass is 19.4. The summed E-state index contributed by atoms with van der Waals surface area (Å²) in [6.07, 6.45) is -6.22. The number of alkyl halides is 6. The lowest BCUT2D eigenvalue weighted by Gasteiger charge is -2.30. The molecular formula is C36H30F6N2O6. The van der Waals surface area contributed by atoms with E-state index in [1.165, 1.54) is 12.1 Å².